The molecule has 2 N–H and O–H groups in total. The second-order valence-electron chi connectivity index (χ2n) is 4.33. The van der Waals surface area contributed by atoms with Gasteiger partial charge in [0.1, 0.15) is 0 Å². The lowest BCUT2D eigenvalue weighted by atomic mass is 10.2. The highest BCUT2D eigenvalue weighted by atomic mass is 16.5. The number of aromatic nitrogens is 3. The van der Waals surface area contributed by atoms with Gasteiger partial charge in [-0.3, -0.25) is 9.59 Å². The Hall–Kier alpha value is -1.96. The van der Waals surface area contributed by atoms with Gasteiger partial charge in [0.2, 0.25) is 0 Å². The standard InChI is InChI=1S/C11H17N5O3/c1-19-10(17)3-2-4-13-11(18)9-7-16(15-14-9)8-5-12-6-8/h7-8,12H,2-6H2,1H3,(H,13,18). The number of nitrogens with one attached hydrogen (secondary N) is 2. The van der Waals surface area contributed by atoms with Crippen molar-refractivity contribution < 1.29 is 14.3 Å². The van der Waals surface area contributed by atoms with E-state index in [1.165, 1.54) is 7.11 Å². The molecular formula is C11H17N5O3. The van der Waals surface area contributed by atoms with Gasteiger partial charge >= 0.3 is 5.97 Å². The van der Waals surface area contributed by atoms with E-state index >= 15 is 0 Å². The smallest absolute Gasteiger partial charge is 0.305 e. The van der Waals surface area contributed by atoms with Crippen molar-refractivity contribution in [2.75, 3.05) is 26.7 Å². The van der Waals surface area contributed by atoms with Crippen molar-refractivity contribution in [3.05, 3.63) is 11.9 Å². The van der Waals surface area contributed by atoms with Gasteiger partial charge in [0.15, 0.2) is 5.69 Å². The molecule has 0 atom stereocenters. The summed E-state index contributed by atoms with van der Waals surface area (Å²) in [5, 5.41) is 13.6. The average Bonchev–Trinajstić information content (AvgIpc) is 2.81. The van der Waals surface area contributed by atoms with Crippen molar-refractivity contribution in [1.29, 1.82) is 0 Å². The van der Waals surface area contributed by atoms with Gasteiger partial charge in [0.05, 0.1) is 19.3 Å². The largest absolute Gasteiger partial charge is 0.469 e. The minimum atomic E-state index is -0.280. The first-order chi connectivity index (χ1) is 9.20. The number of esters is 1. The summed E-state index contributed by atoms with van der Waals surface area (Å²) in [6, 6.07) is 0.286. The zero-order valence-corrected chi connectivity index (χ0v) is 10.8. The Labute approximate surface area is 110 Å². The highest BCUT2D eigenvalue weighted by molar-refractivity contribution is 5.91. The van der Waals surface area contributed by atoms with Crippen LogP contribution in [0.5, 0.6) is 0 Å². The number of carbonyl (C=O) groups excluding carboxylic acids is 2. The molecular weight excluding hydrogens is 250 g/mol. The van der Waals surface area contributed by atoms with E-state index in [0.29, 0.717) is 18.7 Å². The van der Waals surface area contributed by atoms with Crippen LogP contribution in [0.4, 0.5) is 0 Å². The Morgan fingerprint density at radius 2 is 2.37 bits per heavy atom. The first-order valence-corrected chi connectivity index (χ1v) is 6.18. The third-order valence-electron chi connectivity index (χ3n) is 2.95. The molecule has 1 amide bonds. The molecule has 0 bridgehead atoms. The fourth-order valence-electron chi connectivity index (χ4n) is 1.65. The molecule has 8 heteroatoms. The van der Waals surface area contributed by atoms with E-state index in [2.05, 4.69) is 25.7 Å². The number of hydrogen-bond donors (Lipinski definition) is 2. The molecule has 0 saturated carbocycles. The van der Waals surface area contributed by atoms with Crippen LogP contribution in [-0.2, 0) is 9.53 Å². The van der Waals surface area contributed by atoms with Crippen LogP contribution in [0.2, 0.25) is 0 Å². The summed E-state index contributed by atoms with van der Waals surface area (Å²) in [6.45, 7) is 2.11. The molecule has 0 aliphatic carbocycles. The molecule has 2 heterocycles. The second-order valence-corrected chi connectivity index (χ2v) is 4.33. The van der Waals surface area contributed by atoms with E-state index < -0.39 is 0 Å². The molecule has 1 aromatic rings. The normalized spacial score (nSPS) is 14.8. The summed E-state index contributed by atoms with van der Waals surface area (Å²) in [7, 11) is 1.34. The zero-order chi connectivity index (χ0) is 13.7. The Morgan fingerprint density at radius 3 is 3.00 bits per heavy atom. The lowest BCUT2D eigenvalue weighted by Crippen LogP contribution is -2.43. The molecule has 1 fully saturated rings. The van der Waals surface area contributed by atoms with Gasteiger partial charge in [-0.1, -0.05) is 5.21 Å². The third kappa shape index (κ3) is 3.50. The fourth-order valence-corrected chi connectivity index (χ4v) is 1.65. The van der Waals surface area contributed by atoms with E-state index in [-0.39, 0.29) is 24.3 Å². The van der Waals surface area contributed by atoms with E-state index in [1.54, 1.807) is 10.9 Å². The number of carbonyl (C=O) groups is 2. The molecule has 0 radical (unpaired) electrons. The molecule has 1 saturated heterocycles. The quantitative estimate of drug-likeness (QED) is 0.512. The molecule has 1 aromatic heterocycles. The Morgan fingerprint density at radius 1 is 1.58 bits per heavy atom. The molecule has 104 valence electrons. The van der Waals surface area contributed by atoms with Crippen LogP contribution >= 0.6 is 0 Å². The predicted molar refractivity (Wildman–Crippen MR) is 65.5 cm³/mol. The maximum absolute atomic E-state index is 11.7. The summed E-state index contributed by atoms with van der Waals surface area (Å²) in [4.78, 5) is 22.6. The Kier molecular flexibility index (Phi) is 4.45. The van der Waals surface area contributed by atoms with Gasteiger partial charge in [0.25, 0.3) is 5.91 Å². The molecule has 19 heavy (non-hydrogen) atoms. The van der Waals surface area contributed by atoms with Crippen molar-refractivity contribution >= 4 is 11.9 Å². The molecule has 1 aliphatic rings. The summed E-state index contributed by atoms with van der Waals surface area (Å²) < 4.78 is 6.20. The molecule has 0 aromatic carbocycles. The predicted octanol–water partition coefficient (Wildman–Crippen LogP) is -0.895. The van der Waals surface area contributed by atoms with Crippen LogP contribution in [0.1, 0.15) is 29.4 Å². The maximum Gasteiger partial charge on any atom is 0.305 e. The summed E-state index contributed by atoms with van der Waals surface area (Å²) in [5.41, 5.74) is 0.296. The fraction of sp³-hybridized carbons (Fsp3) is 0.636. The minimum absolute atomic E-state index is 0.275. The molecule has 0 spiro atoms. The van der Waals surface area contributed by atoms with Gasteiger partial charge in [-0.15, -0.1) is 5.10 Å². The number of rotatable bonds is 6. The summed E-state index contributed by atoms with van der Waals surface area (Å²) in [6.07, 6.45) is 2.47. The number of nitrogens with zero attached hydrogens (tertiary/aromatic N) is 3. The Bertz CT molecular complexity index is 455. The van der Waals surface area contributed by atoms with E-state index in [4.69, 9.17) is 0 Å². The summed E-state index contributed by atoms with van der Waals surface area (Å²) in [5.74, 6) is -0.555. The molecule has 8 nitrogen and oxygen atoms in total. The highest BCUT2D eigenvalue weighted by Crippen LogP contribution is 2.09. The van der Waals surface area contributed by atoms with E-state index in [1.807, 2.05) is 0 Å². The van der Waals surface area contributed by atoms with E-state index in [9.17, 15) is 9.59 Å². The number of hydrogen-bond acceptors (Lipinski definition) is 6. The summed E-state index contributed by atoms with van der Waals surface area (Å²) >= 11 is 0. The SMILES string of the molecule is COC(=O)CCCNC(=O)c1cn(C2CNC2)nn1. The van der Waals surface area contributed by atoms with Crippen molar-refractivity contribution in [1.82, 2.24) is 25.6 Å². The van der Waals surface area contributed by atoms with Crippen LogP contribution in [-0.4, -0.2) is 53.6 Å². The van der Waals surface area contributed by atoms with Gasteiger partial charge in [-0.05, 0) is 6.42 Å². The van der Waals surface area contributed by atoms with Gasteiger partial charge < -0.3 is 15.4 Å². The molecule has 1 aliphatic heterocycles. The average molecular weight is 267 g/mol. The monoisotopic (exact) mass is 267 g/mol. The maximum atomic E-state index is 11.7. The highest BCUT2D eigenvalue weighted by Gasteiger charge is 2.21. The second kappa shape index (κ2) is 6.28. The third-order valence-corrected chi connectivity index (χ3v) is 2.95. The van der Waals surface area contributed by atoms with Crippen molar-refractivity contribution in [2.24, 2.45) is 0 Å². The minimum Gasteiger partial charge on any atom is -0.469 e. The molecule has 0 unspecified atom stereocenters. The van der Waals surface area contributed by atoms with Gasteiger partial charge in [0, 0.05) is 26.1 Å². The van der Waals surface area contributed by atoms with Crippen molar-refractivity contribution in [3.63, 3.8) is 0 Å². The number of ether oxygens (including phenoxy) is 1. The lowest BCUT2D eigenvalue weighted by molar-refractivity contribution is -0.140. The van der Waals surface area contributed by atoms with Crippen LogP contribution in [0.3, 0.4) is 0 Å². The molecule has 2 rings (SSSR count). The van der Waals surface area contributed by atoms with E-state index in [0.717, 1.165) is 13.1 Å². The number of methoxy groups -OCH3 is 1. The first-order valence-electron chi connectivity index (χ1n) is 6.18. The lowest BCUT2D eigenvalue weighted by Gasteiger charge is -2.26. The van der Waals surface area contributed by atoms with Crippen LogP contribution in [0.25, 0.3) is 0 Å². The van der Waals surface area contributed by atoms with Crippen molar-refractivity contribution in [2.45, 2.75) is 18.9 Å². The first kappa shape index (κ1) is 13.5. The Balaban J connectivity index is 1.73. The number of amides is 1. The topological polar surface area (TPSA) is 98.1 Å². The van der Waals surface area contributed by atoms with Crippen molar-refractivity contribution in [3.8, 4) is 0 Å². The van der Waals surface area contributed by atoms with Gasteiger partial charge in [-0.25, -0.2) is 4.68 Å². The van der Waals surface area contributed by atoms with Crippen LogP contribution in [0.15, 0.2) is 6.20 Å². The zero-order valence-electron chi connectivity index (χ0n) is 10.8. The van der Waals surface area contributed by atoms with Gasteiger partial charge in [-0.2, -0.15) is 0 Å². The van der Waals surface area contributed by atoms with Crippen LogP contribution in [0, 0.1) is 0 Å². The van der Waals surface area contributed by atoms with Crippen LogP contribution < -0.4 is 10.6 Å².